The number of aryl methyl sites for hydroxylation is 1. The van der Waals surface area contributed by atoms with Gasteiger partial charge >= 0.3 is 0 Å². The van der Waals surface area contributed by atoms with Crippen molar-refractivity contribution in [2.24, 2.45) is 5.41 Å². The van der Waals surface area contributed by atoms with Gasteiger partial charge in [-0.15, -0.1) is 0 Å². The molecule has 1 rings (SSSR count). The van der Waals surface area contributed by atoms with Gasteiger partial charge in [0.1, 0.15) is 5.75 Å². The quantitative estimate of drug-likeness (QED) is 0.827. The Morgan fingerprint density at radius 3 is 2.39 bits per heavy atom. The Morgan fingerprint density at radius 2 is 1.89 bits per heavy atom. The molecule has 0 aromatic heterocycles. The molecule has 0 aliphatic heterocycles. The minimum Gasteiger partial charge on any atom is -0.506 e. The van der Waals surface area contributed by atoms with Gasteiger partial charge in [0.15, 0.2) is 0 Å². The number of aromatic hydroxyl groups is 1. The highest BCUT2D eigenvalue weighted by Gasteiger charge is 2.18. The van der Waals surface area contributed by atoms with E-state index >= 15 is 0 Å². The van der Waals surface area contributed by atoms with Gasteiger partial charge in [-0.3, -0.25) is 4.72 Å². The molecule has 0 amide bonds. The third-order valence-corrected chi connectivity index (χ3v) is 3.81. The predicted molar refractivity (Wildman–Crippen MR) is 74.3 cm³/mol. The molecule has 102 valence electrons. The van der Waals surface area contributed by atoms with Crippen molar-refractivity contribution < 1.29 is 13.5 Å². The van der Waals surface area contributed by atoms with Gasteiger partial charge in [-0.05, 0) is 36.5 Å². The average Bonchev–Trinajstić information content (AvgIpc) is 2.19. The number of sulfonamides is 1. The molecule has 0 aliphatic rings. The molecule has 0 fully saturated rings. The summed E-state index contributed by atoms with van der Waals surface area (Å²) in [6.45, 7) is 7.81. The van der Waals surface area contributed by atoms with Gasteiger partial charge in [0.05, 0.1) is 11.4 Å². The summed E-state index contributed by atoms with van der Waals surface area (Å²) in [6.07, 6.45) is 0.564. The lowest BCUT2D eigenvalue weighted by molar-refractivity contribution is 0.397. The van der Waals surface area contributed by atoms with Crippen LogP contribution in [0.1, 0.15) is 32.8 Å². The van der Waals surface area contributed by atoms with Crippen LogP contribution in [0.3, 0.4) is 0 Å². The minimum atomic E-state index is -3.41. The topological polar surface area (TPSA) is 66.4 Å². The second-order valence-electron chi connectivity index (χ2n) is 5.75. The summed E-state index contributed by atoms with van der Waals surface area (Å²) < 4.78 is 26.1. The first-order valence-electron chi connectivity index (χ1n) is 5.89. The van der Waals surface area contributed by atoms with E-state index in [9.17, 15) is 13.5 Å². The normalized spacial score (nSPS) is 12.4. The summed E-state index contributed by atoms with van der Waals surface area (Å²) in [4.78, 5) is 0. The van der Waals surface area contributed by atoms with Crippen LogP contribution in [-0.4, -0.2) is 19.3 Å². The smallest absolute Gasteiger partial charge is 0.232 e. The number of hydrogen-bond donors (Lipinski definition) is 2. The van der Waals surface area contributed by atoms with E-state index in [1.807, 2.05) is 27.7 Å². The Morgan fingerprint density at radius 1 is 1.28 bits per heavy atom. The second kappa shape index (κ2) is 5.18. The van der Waals surface area contributed by atoms with Gasteiger partial charge in [0.25, 0.3) is 0 Å². The van der Waals surface area contributed by atoms with Crippen LogP contribution >= 0.6 is 0 Å². The number of anilines is 1. The summed E-state index contributed by atoms with van der Waals surface area (Å²) in [5.41, 5.74) is 1.07. The molecular weight excluding hydrogens is 250 g/mol. The number of rotatable bonds is 4. The maximum Gasteiger partial charge on any atom is 0.232 e. The highest BCUT2D eigenvalue weighted by Crippen LogP contribution is 2.26. The van der Waals surface area contributed by atoms with Gasteiger partial charge in [-0.25, -0.2) is 8.42 Å². The van der Waals surface area contributed by atoms with Crippen LogP contribution in [0.25, 0.3) is 0 Å². The third kappa shape index (κ3) is 4.96. The number of nitrogens with one attached hydrogen (secondary N) is 1. The van der Waals surface area contributed by atoms with Crippen LogP contribution in [0.2, 0.25) is 0 Å². The Labute approximate surface area is 109 Å². The maximum absolute atomic E-state index is 11.9. The highest BCUT2D eigenvalue weighted by molar-refractivity contribution is 7.92. The molecule has 0 saturated heterocycles. The van der Waals surface area contributed by atoms with E-state index in [2.05, 4.69) is 4.72 Å². The molecule has 0 aliphatic carbocycles. The molecule has 1 aromatic rings. The molecule has 0 spiro atoms. The standard InChI is InChI=1S/C13H21NO3S/c1-10-5-6-11(12(15)9-10)14-18(16,17)8-7-13(2,3)4/h5-6,9,14-15H,7-8H2,1-4H3. The number of hydrogen-bond acceptors (Lipinski definition) is 3. The van der Waals surface area contributed by atoms with Crippen molar-refractivity contribution >= 4 is 15.7 Å². The van der Waals surface area contributed by atoms with Crippen molar-refractivity contribution in [1.82, 2.24) is 0 Å². The van der Waals surface area contributed by atoms with Gasteiger partial charge in [-0.1, -0.05) is 26.8 Å². The molecule has 18 heavy (non-hydrogen) atoms. The van der Waals surface area contributed by atoms with Crippen molar-refractivity contribution in [2.45, 2.75) is 34.1 Å². The number of phenolic OH excluding ortho intramolecular Hbond substituents is 1. The fourth-order valence-electron chi connectivity index (χ4n) is 1.39. The molecule has 5 heteroatoms. The van der Waals surface area contributed by atoms with E-state index < -0.39 is 10.0 Å². The fraction of sp³-hybridized carbons (Fsp3) is 0.538. The molecule has 0 unspecified atom stereocenters. The van der Waals surface area contributed by atoms with Gasteiger partial charge in [0.2, 0.25) is 10.0 Å². The Bertz CT molecular complexity index is 516. The molecule has 2 N–H and O–H groups in total. The lowest BCUT2D eigenvalue weighted by Crippen LogP contribution is -2.20. The van der Waals surface area contributed by atoms with Crippen LogP contribution in [0, 0.1) is 12.3 Å². The molecule has 0 atom stereocenters. The van der Waals surface area contributed by atoms with Crippen LogP contribution in [0.4, 0.5) is 5.69 Å². The average molecular weight is 271 g/mol. The van der Waals surface area contributed by atoms with E-state index in [0.717, 1.165) is 5.56 Å². The molecule has 0 saturated carbocycles. The SMILES string of the molecule is Cc1ccc(NS(=O)(=O)CCC(C)(C)C)c(O)c1. The maximum atomic E-state index is 11.9. The minimum absolute atomic E-state index is 0.0376. The van der Waals surface area contributed by atoms with Crippen LogP contribution in [0.15, 0.2) is 18.2 Å². The number of benzene rings is 1. The van der Waals surface area contributed by atoms with E-state index in [1.54, 1.807) is 12.1 Å². The third-order valence-electron chi connectivity index (χ3n) is 2.54. The summed E-state index contributed by atoms with van der Waals surface area (Å²) in [7, 11) is -3.41. The lowest BCUT2D eigenvalue weighted by Gasteiger charge is -2.18. The monoisotopic (exact) mass is 271 g/mol. The largest absolute Gasteiger partial charge is 0.506 e. The fourth-order valence-corrected chi connectivity index (χ4v) is 2.88. The molecular formula is C13H21NO3S. The first-order valence-corrected chi connectivity index (χ1v) is 7.54. The van der Waals surface area contributed by atoms with Crippen molar-refractivity contribution in [2.75, 3.05) is 10.5 Å². The van der Waals surface area contributed by atoms with Gasteiger partial charge in [0, 0.05) is 0 Å². The second-order valence-corrected chi connectivity index (χ2v) is 7.59. The summed E-state index contributed by atoms with van der Waals surface area (Å²) in [5.74, 6) is -0.00146. The van der Waals surface area contributed by atoms with Crippen LogP contribution < -0.4 is 4.72 Å². The van der Waals surface area contributed by atoms with Crippen molar-refractivity contribution in [3.05, 3.63) is 23.8 Å². The Hall–Kier alpha value is -1.23. The Balaban J connectivity index is 2.77. The zero-order chi connectivity index (χ0) is 14.0. The molecule has 4 nitrogen and oxygen atoms in total. The highest BCUT2D eigenvalue weighted by atomic mass is 32.2. The zero-order valence-corrected chi connectivity index (χ0v) is 12.1. The first kappa shape index (κ1) is 14.8. The predicted octanol–water partition coefficient (Wildman–Crippen LogP) is 2.88. The summed E-state index contributed by atoms with van der Waals surface area (Å²) >= 11 is 0. The summed E-state index contributed by atoms with van der Waals surface area (Å²) in [6, 6.07) is 4.85. The van der Waals surface area contributed by atoms with Crippen LogP contribution in [-0.2, 0) is 10.0 Å². The Kier molecular flexibility index (Phi) is 4.27. The molecule has 0 bridgehead atoms. The first-order chi connectivity index (χ1) is 8.09. The van der Waals surface area contributed by atoms with Gasteiger partial charge < -0.3 is 5.11 Å². The van der Waals surface area contributed by atoms with Crippen LogP contribution in [0.5, 0.6) is 5.75 Å². The zero-order valence-electron chi connectivity index (χ0n) is 11.3. The lowest BCUT2D eigenvalue weighted by atomic mass is 9.94. The number of phenols is 1. The summed E-state index contributed by atoms with van der Waals surface area (Å²) in [5, 5.41) is 9.66. The van der Waals surface area contributed by atoms with Crippen molar-refractivity contribution in [1.29, 1.82) is 0 Å². The van der Waals surface area contributed by atoms with E-state index in [-0.39, 0.29) is 22.6 Å². The van der Waals surface area contributed by atoms with Crippen molar-refractivity contribution in [3.63, 3.8) is 0 Å². The van der Waals surface area contributed by atoms with E-state index in [0.29, 0.717) is 6.42 Å². The van der Waals surface area contributed by atoms with Gasteiger partial charge in [-0.2, -0.15) is 0 Å². The molecule has 0 radical (unpaired) electrons. The molecule has 0 heterocycles. The van der Waals surface area contributed by atoms with Crippen molar-refractivity contribution in [3.8, 4) is 5.75 Å². The van der Waals surface area contributed by atoms with E-state index in [4.69, 9.17) is 0 Å². The molecule has 1 aromatic carbocycles. The van der Waals surface area contributed by atoms with E-state index in [1.165, 1.54) is 6.07 Å².